The number of halogens is 1. The number of hydrogen-bond donors (Lipinski definition) is 0. The zero-order valence-corrected chi connectivity index (χ0v) is 11.6. The van der Waals surface area contributed by atoms with Crippen molar-refractivity contribution in [3.63, 3.8) is 0 Å². The van der Waals surface area contributed by atoms with E-state index in [-0.39, 0.29) is 5.56 Å². The van der Waals surface area contributed by atoms with Crippen molar-refractivity contribution in [1.82, 2.24) is 4.57 Å². The third-order valence-corrected chi connectivity index (χ3v) is 4.19. The van der Waals surface area contributed by atoms with Gasteiger partial charge in [-0.2, -0.15) is 0 Å². The maximum Gasteiger partial charge on any atom is 0.250 e. The van der Waals surface area contributed by atoms with E-state index in [2.05, 4.69) is 22.6 Å². The molecule has 0 atom stereocenters. The molecule has 4 heteroatoms. The van der Waals surface area contributed by atoms with Gasteiger partial charge in [0.2, 0.25) is 0 Å². The normalized spacial score (nSPS) is 17.6. The molecular weight excluding hydrogens is 317 g/mol. The Balaban J connectivity index is 2.14. The Hall–Kier alpha value is -0.360. The van der Waals surface area contributed by atoms with E-state index >= 15 is 0 Å². The monoisotopic (exact) mass is 333 g/mol. The summed E-state index contributed by atoms with van der Waals surface area (Å²) in [6.45, 7) is 4.48. The minimum Gasteiger partial charge on any atom is -0.381 e. The first kappa shape index (κ1) is 12.1. The lowest BCUT2D eigenvalue weighted by atomic mass is 10.0. The van der Waals surface area contributed by atoms with Crippen LogP contribution in [0.4, 0.5) is 0 Å². The predicted molar refractivity (Wildman–Crippen MR) is 71.7 cm³/mol. The van der Waals surface area contributed by atoms with E-state index in [0.717, 1.165) is 41.7 Å². The van der Waals surface area contributed by atoms with Crippen molar-refractivity contribution >= 4 is 22.6 Å². The Morgan fingerprint density at radius 2 is 2.19 bits per heavy atom. The van der Waals surface area contributed by atoms with E-state index < -0.39 is 0 Å². The lowest BCUT2D eigenvalue weighted by Gasteiger charge is -2.22. The molecule has 1 saturated heterocycles. The van der Waals surface area contributed by atoms with Crippen LogP contribution in [0, 0.1) is 16.4 Å². The number of aromatic nitrogens is 1. The maximum absolute atomic E-state index is 11.8. The van der Waals surface area contributed by atoms with Crippen molar-refractivity contribution in [2.75, 3.05) is 13.2 Å². The average molecular weight is 333 g/mol. The molecule has 0 aromatic carbocycles. The van der Waals surface area contributed by atoms with Gasteiger partial charge in [0.15, 0.2) is 0 Å². The average Bonchev–Trinajstić information content (AvgIpc) is 2.27. The summed E-state index contributed by atoms with van der Waals surface area (Å²) >= 11 is 2.28. The zero-order chi connectivity index (χ0) is 11.5. The van der Waals surface area contributed by atoms with Crippen LogP contribution in [0.15, 0.2) is 17.1 Å². The molecule has 0 spiro atoms. The standard InChI is InChI=1S/C12H16INO2/c1-9-6-12(15)14(8-11(9)13)7-10-2-4-16-5-3-10/h6,8,10H,2-5,7H2,1H3. The molecule has 0 N–H and O–H groups in total. The number of pyridine rings is 1. The number of nitrogens with zero attached hydrogens (tertiary/aromatic N) is 1. The molecule has 2 heterocycles. The summed E-state index contributed by atoms with van der Waals surface area (Å²) in [4.78, 5) is 11.8. The molecule has 0 saturated carbocycles. The lowest BCUT2D eigenvalue weighted by Crippen LogP contribution is -2.27. The summed E-state index contributed by atoms with van der Waals surface area (Å²) in [7, 11) is 0. The second kappa shape index (κ2) is 5.31. The van der Waals surface area contributed by atoms with Crippen molar-refractivity contribution in [1.29, 1.82) is 0 Å². The highest BCUT2D eigenvalue weighted by Crippen LogP contribution is 2.17. The van der Waals surface area contributed by atoms with Crippen LogP contribution in [-0.2, 0) is 11.3 Å². The van der Waals surface area contributed by atoms with Gasteiger partial charge < -0.3 is 9.30 Å². The third kappa shape index (κ3) is 2.85. The molecule has 1 aliphatic rings. The van der Waals surface area contributed by atoms with E-state index in [1.54, 1.807) is 6.07 Å². The number of rotatable bonds is 2. The van der Waals surface area contributed by atoms with Gasteiger partial charge in [-0.1, -0.05) is 0 Å². The van der Waals surface area contributed by atoms with Gasteiger partial charge in [-0.25, -0.2) is 0 Å². The molecule has 0 amide bonds. The van der Waals surface area contributed by atoms with Crippen LogP contribution in [0.1, 0.15) is 18.4 Å². The Morgan fingerprint density at radius 3 is 2.88 bits per heavy atom. The van der Waals surface area contributed by atoms with Crippen LogP contribution in [-0.4, -0.2) is 17.8 Å². The van der Waals surface area contributed by atoms with Gasteiger partial charge in [0, 0.05) is 35.6 Å². The first-order chi connectivity index (χ1) is 7.66. The Morgan fingerprint density at radius 1 is 1.50 bits per heavy atom. The highest BCUT2D eigenvalue weighted by atomic mass is 127. The van der Waals surface area contributed by atoms with E-state index in [4.69, 9.17) is 4.74 Å². The van der Waals surface area contributed by atoms with Gasteiger partial charge in [-0.15, -0.1) is 0 Å². The smallest absolute Gasteiger partial charge is 0.250 e. The summed E-state index contributed by atoms with van der Waals surface area (Å²) in [6, 6.07) is 1.72. The first-order valence-electron chi connectivity index (χ1n) is 5.61. The maximum atomic E-state index is 11.8. The Kier molecular flexibility index (Phi) is 4.02. The van der Waals surface area contributed by atoms with Gasteiger partial charge >= 0.3 is 0 Å². The van der Waals surface area contributed by atoms with Crippen molar-refractivity contribution in [3.8, 4) is 0 Å². The lowest BCUT2D eigenvalue weighted by molar-refractivity contribution is 0.0609. The molecule has 1 aromatic heterocycles. The van der Waals surface area contributed by atoms with Crippen LogP contribution in [0.5, 0.6) is 0 Å². The molecule has 2 rings (SSSR count). The molecule has 0 aliphatic carbocycles. The van der Waals surface area contributed by atoms with E-state index in [9.17, 15) is 4.79 Å². The summed E-state index contributed by atoms with van der Waals surface area (Å²) in [5.41, 5.74) is 1.18. The highest BCUT2D eigenvalue weighted by Gasteiger charge is 2.15. The summed E-state index contributed by atoms with van der Waals surface area (Å²) in [6.07, 6.45) is 4.10. The molecule has 88 valence electrons. The molecule has 1 aliphatic heterocycles. The number of hydrogen-bond acceptors (Lipinski definition) is 2. The number of aryl methyl sites for hydroxylation is 1. The topological polar surface area (TPSA) is 31.2 Å². The largest absolute Gasteiger partial charge is 0.381 e. The van der Waals surface area contributed by atoms with Crippen LogP contribution in [0.2, 0.25) is 0 Å². The summed E-state index contributed by atoms with van der Waals surface area (Å²) in [5, 5.41) is 0. The van der Waals surface area contributed by atoms with Crippen molar-refractivity contribution in [2.24, 2.45) is 5.92 Å². The van der Waals surface area contributed by atoms with Gasteiger partial charge in [-0.3, -0.25) is 4.79 Å². The van der Waals surface area contributed by atoms with Crippen molar-refractivity contribution in [2.45, 2.75) is 26.3 Å². The molecular formula is C12H16INO2. The van der Waals surface area contributed by atoms with Gasteiger partial charge in [0.25, 0.3) is 5.56 Å². The van der Waals surface area contributed by atoms with Crippen LogP contribution in [0.3, 0.4) is 0 Å². The van der Waals surface area contributed by atoms with E-state index in [0.29, 0.717) is 5.92 Å². The quantitative estimate of drug-likeness (QED) is 0.777. The zero-order valence-electron chi connectivity index (χ0n) is 9.41. The SMILES string of the molecule is Cc1cc(=O)n(CC2CCOCC2)cc1I. The van der Waals surface area contributed by atoms with Crippen LogP contribution >= 0.6 is 22.6 Å². The molecule has 0 unspecified atom stereocenters. The van der Waals surface area contributed by atoms with E-state index in [1.165, 1.54) is 0 Å². The van der Waals surface area contributed by atoms with E-state index in [1.807, 2.05) is 17.7 Å². The molecule has 0 bridgehead atoms. The second-order valence-corrected chi connectivity index (χ2v) is 5.51. The fourth-order valence-electron chi connectivity index (χ4n) is 1.99. The minimum atomic E-state index is 0.115. The fraction of sp³-hybridized carbons (Fsp3) is 0.583. The molecule has 1 fully saturated rings. The third-order valence-electron chi connectivity index (χ3n) is 3.06. The van der Waals surface area contributed by atoms with Crippen LogP contribution < -0.4 is 5.56 Å². The summed E-state index contributed by atoms with van der Waals surface area (Å²) in [5.74, 6) is 0.588. The molecule has 16 heavy (non-hydrogen) atoms. The first-order valence-corrected chi connectivity index (χ1v) is 6.69. The van der Waals surface area contributed by atoms with Crippen LogP contribution in [0.25, 0.3) is 0 Å². The fourth-order valence-corrected chi connectivity index (χ4v) is 2.48. The molecule has 0 radical (unpaired) electrons. The summed E-state index contributed by atoms with van der Waals surface area (Å²) < 4.78 is 8.32. The highest BCUT2D eigenvalue weighted by molar-refractivity contribution is 14.1. The van der Waals surface area contributed by atoms with Gasteiger partial charge in [0.05, 0.1) is 0 Å². The van der Waals surface area contributed by atoms with Crippen molar-refractivity contribution < 1.29 is 4.74 Å². The van der Waals surface area contributed by atoms with Gasteiger partial charge in [-0.05, 0) is 53.8 Å². The minimum absolute atomic E-state index is 0.115. The number of ether oxygens (including phenoxy) is 1. The molecule has 3 nitrogen and oxygen atoms in total. The molecule has 1 aromatic rings. The second-order valence-electron chi connectivity index (χ2n) is 4.35. The Bertz CT molecular complexity index is 422. The predicted octanol–water partition coefficient (Wildman–Crippen LogP) is 2.19. The van der Waals surface area contributed by atoms with Gasteiger partial charge in [0.1, 0.15) is 0 Å². The van der Waals surface area contributed by atoms with Crippen molar-refractivity contribution in [3.05, 3.63) is 31.8 Å². The Labute approximate surface area is 109 Å².